The first kappa shape index (κ1) is 17.5. The fraction of sp³-hybridized carbons (Fsp3) is 0.688. The molecule has 1 aliphatic rings. The van der Waals surface area contributed by atoms with Crippen molar-refractivity contribution in [2.45, 2.75) is 64.6 Å². The molecule has 1 heterocycles. The first-order valence-corrected chi connectivity index (χ1v) is 8.05. The van der Waals surface area contributed by atoms with Crippen LogP contribution in [0.1, 0.15) is 57.3 Å². The van der Waals surface area contributed by atoms with Gasteiger partial charge in [0.05, 0.1) is 11.7 Å². The van der Waals surface area contributed by atoms with Crippen molar-refractivity contribution in [3.8, 4) is 0 Å². The second kappa shape index (κ2) is 6.70. The molecule has 7 nitrogen and oxygen atoms in total. The summed E-state index contributed by atoms with van der Waals surface area (Å²) in [5.41, 5.74) is 5.49. The van der Waals surface area contributed by atoms with Gasteiger partial charge in [0.25, 0.3) is 5.91 Å². The third-order valence-corrected chi connectivity index (χ3v) is 4.04. The van der Waals surface area contributed by atoms with Gasteiger partial charge in [0, 0.05) is 17.8 Å². The fourth-order valence-corrected chi connectivity index (χ4v) is 2.69. The quantitative estimate of drug-likeness (QED) is 0.672. The minimum atomic E-state index is -0.570. The van der Waals surface area contributed by atoms with Crippen molar-refractivity contribution < 1.29 is 9.90 Å². The number of aliphatic hydroxyl groups is 1. The van der Waals surface area contributed by atoms with E-state index in [4.69, 9.17) is 5.73 Å². The second-order valence-corrected chi connectivity index (χ2v) is 7.39. The monoisotopic (exact) mass is 321 g/mol. The molecular weight excluding hydrogens is 294 g/mol. The van der Waals surface area contributed by atoms with Crippen LogP contribution in [0.2, 0.25) is 0 Å². The number of nitrogens with two attached hydrogens (primary N) is 1. The van der Waals surface area contributed by atoms with Crippen LogP contribution in [0.25, 0.3) is 0 Å². The van der Waals surface area contributed by atoms with E-state index in [1.165, 1.54) is 6.20 Å². The molecule has 1 aromatic rings. The standard InChI is InChI=1S/C16H27N5O2/c1-9-5-6-10(7-12(9)22)19-14-11(13(17)23)8-18-15(20-14)21-16(2,3)4/h8-10,12,22H,5-7H2,1-4H3,(H2,17,23)(H2,18,19,20,21). The van der Waals surface area contributed by atoms with Crippen molar-refractivity contribution >= 4 is 17.7 Å². The van der Waals surface area contributed by atoms with Crippen LogP contribution in [0.4, 0.5) is 11.8 Å². The SMILES string of the molecule is CC1CCC(Nc2nc(NC(C)(C)C)ncc2C(N)=O)CC1O. The summed E-state index contributed by atoms with van der Waals surface area (Å²) in [6, 6.07) is 0.0664. The zero-order chi connectivity index (χ0) is 17.2. The summed E-state index contributed by atoms with van der Waals surface area (Å²) in [6.07, 6.45) is 3.58. The lowest BCUT2D eigenvalue weighted by molar-refractivity contribution is 0.0739. The van der Waals surface area contributed by atoms with Gasteiger partial charge in [0.1, 0.15) is 5.82 Å². The number of aromatic nitrogens is 2. The molecule has 0 bridgehead atoms. The van der Waals surface area contributed by atoms with Crippen LogP contribution in [0.3, 0.4) is 0 Å². The molecule has 0 saturated heterocycles. The van der Waals surface area contributed by atoms with Crippen LogP contribution in [-0.2, 0) is 0 Å². The van der Waals surface area contributed by atoms with Crippen LogP contribution in [0.15, 0.2) is 6.20 Å². The number of amides is 1. The summed E-state index contributed by atoms with van der Waals surface area (Å²) in [6.45, 7) is 8.06. The van der Waals surface area contributed by atoms with E-state index >= 15 is 0 Å². The topological polar surface area (TPSA) is 113 Å². The predicted molar refractivity (Wildman–Crippen MR) is 90.4 cm³/mol. The van der Waals surface area contributed by atoms with Gasteiger partial charge in [0.15, 0.2) is 0 Å². The molecule has 0 radical (unpaired) electrons. The molecule has 3 unspecified atom stereocenters. The minimum absolute atomic E-state index is 0.0664. The molecule has 1 amide bonds. The van der Waals surface area contributed by atoms with Gasteiger partial charge >= 0.3 is 0 Å². The normalized spacial score (nSPS) is 25.0. The maximum atomic E-state index is 11.6. The lowest BCUT2D eigenvalue weighted by Gasteiger charge is -2.32. The lowest BCUT2D eigenvalue weighted by atomic mass is 9.85. The Morgan fingerprint density at radius 1 is 1.39 bits per heavy atom. The summed E-state index contributed by atoms with van der Waals surface area (Å²) in [4.78, 5) is 20.2. The number of nitrogens with zero attached hydrogens (tertiary/aromatic N) is 2. The van der Waals surface area contributed by atoms with E-state index in [1.54, 1.807) is 0 Å². The van der Waals surface area contributed by atoms with E-state index in [0.717, 1.165) is 12.8 Å². The maximum absolute atomic E-state index is 11.6. The van der Waals surface area contributed by atoms with E-state index in [-0.39, 0.29) is 23.2 Å². The molecule has 1 aromatic heterocycles. The fourth-order valence-electron chi connectivity index (χ4n) is 2.69. The van der Waals surface area contributed by atoms with Crippen LogP contribution >= 0.6 is 0 Å². The summed E-state index contributed by atoms with van der Waals surface area (Å²) in [5.74, 6) is 0.590. The second-order valence-electron chi connectivity index (χ2n) is 7.39. The number of anilines is 2. The minimum Gasteiger partial charge on any atom is -0.393 e. The number of primary amides is 1. The molecule has 1 saturated carbocycles. The molecule has 0 spiro atoms. The van der Waals surface area contributed by atoms with Crippen molar-refractivity contribution in [3.63, 3.8) is 0 Å². The van der Waals surface area contributed by atoms with Gasteiger partial charge < -0.3 is 21.5 Å². The molecule has 23 heavy (non-hydrogen) atoms. The van der Waals surface area contributed by atoms with Crippen LogP contribution < -0.4 is 16.4 Å². The Hall–Kier alpha value is -1.89. The van der Waals surface area contributed by atoms with E-state index in [0.29, 0.717) is 24.1 Å². The van der Waals surface area contributed by atoms with Crippen molar-refractivity contribution in [3.05, 3.63) is 11.8 Å². The Morgan fingerprint density at radius 2 is 2.09 bits per heavy atom. The summed E-state index contributed by atoms with van der Waals surface area (Å²) in [5, 5.41) is 16.5. The number of rotatable bonds is 4. The first-order valence-electron chi connectivity index (χ1n) is 8.05. The van der Waals surface area contributed by atoms with Crippen molar-refractivity contribution in [1.29, 1.82) is 0 Å². The van der Waals surface area contributed by atoms with Gasteiger partial charge in [-0.2, -0.15) is 4.98 Å². The first-order chi connectivity index (χ1) is 10.7. The number of carbonyl (C=O) groups is 1. The van der Waals surface area contributed by atoms with Crippen molar-refractivity contribution in [2.75, 3.05) is 10.6 Å². The van der Waals surface area contributed by atoms with Crippen molar-refractivity contribution in [2.24, 2.45) is 11.7 Å². The van der Waals surface area contributed by atoms with E-state index < -0.39 is 5.91 Å². The van der Waals surface area contributed by atoms with Gasteiger partial charge in [0.2, 0.25) is 5.95 Å². The number of nitrogens with one attached hydrogen (secondary N) is 2. The third-order valence-electron chi connectivity index (χ3n) is 4.04. The van der Waals surface area contributed by atoms with E-state index in [9.17, 15) is 9.90 Å². The molecule has 0 aromatic carbocycles. The Bertz CT molecular complexity index is 570. The van der Waals surface area contributed by atoms with Crippen molar-refractivity contribution in [1.82, 2.24) is 9.97 Å². The molecule has 1 fully saturated rings. The molecule has 7 heteroatoms. The summed E-state index contributed by atoms with van der Waals surface area (Å²) < 4.78 is 0. The molecule has 3 atom stereocenters. The molecule has 0 aliphatic heterocycles. The molecule has 2 rings (SSSR count). The number of hydrogen-bond acceptors (Lipinski definition) is 6. The third kappa shape index (κ3) is 4.79. The average molecular weight is 321 g/mol. The van der Waals surface area contributed by atoms with Gasteiger partial charge in [-0.3, -0.25) is 4.79 Å². The average Bonchev–Trinajstić information content (AvgIpc) is 2.41. The van der Waals surface area contributed by atoms with Gasteiger partial charge in [-0.1, -0.05) is 6.92 Å². The Balaban J connectivity index is 2.20. The van der Waals surface area contributed by atoms with Crippen LogP contribution in [0.5, 0.6) is 0 Å². The van der Waals surface area contributed by atoms with E-state index in [2.05, 4.69) is 20.6 Å². The highest BCUT2D eigenvalue weighted by atomic mass is 16.3. The largest absolute Gasteiger partial charge is 0.393 e. The van der Waals surface area contributed by atoms with Crippen LogP contribution in [-0.4, -0.2) is 38.7 Å². The number of aliphatic hydroxyl groups excluding tert-OH is 1. The summed E-state index contributed by atoms with van der Waals surface area (Å²) >= 11 is 0. The summed E-state index contributed by atoms with van der Waals surface area (Å²) in [7, 11) is 0. The lowest BCUT2D eigenvalue weighted by Crippen LogP contribution is -2.36. The maximum Gasteiger partial charge on any atom is 0.254 e. The van der Waals surface area contributed by atoms with Crippen LogP contribution in [0, 0.1) is 5.92 Å². The molecule has 128 valence electrons. The highest BCUT2D eigenvalue weighted by Crippen LogP contribution is 2.27. The predicted octanol–water partition coefficient (Wildman–Crippen LogP) is 1.75. The zero-order valence-corrected chi connectivity index (χ0v) is 14.3. The molecule has 5 N–H and O–H groups in total. The highest BCUT2D eigenvalue weighted by Gasteiger charge is 2.27. The van der Waals surface area contributed by atoms with E-state index in [1.807, 2.05) is 27.7 Å². The Labute approximate surface area is 137 Å². The molecule has 1 aliphatic carbocycles. The Morgan fingerprint density at radius 3 is 2.65 bits per heavy atom. The van der Waals surface area contributed by atoms with Gasteiger partial charge in [-0.05, 0) is 46.0 Å². The smallest absolute Gasteiger partial charge is 0.254 e. The number of hydrogen-bond donors (Lipinski definition) is 4. The van der Waals surface area contributed by atoms with Gasteiger partial charge in [-0.25, -0.2) is 4.98 Å². The molecular formula is C16H27N5O2. The Kier molecular flexibility index (Phi) is 5.09. The van der Waals surface area contributed by atoms with Gasteiger partial charge in [-0.15, -0.1) is 0 Å². The highest BCUT2D eigenvalue weighted by molar-refractivity contribution is 5.97. The number of carbonyl (C=O) groups excluding carboxylic acids is 1. The zero-order valence-electron chi connectivity index (χ0n) is 14.3.